The number of hydrogen-bond acceptors (Lipinski definition) is 3. The van der Waals surface area contributed by atoms with Gasteiger partial charge in [-0.05, 0) is 157 Å². The van der Waals surface area contributed by atoms with Crippen molar-refractivity contribution >= 4 is 83.6 Å². The van der Waals surface area contributed by atoms with Gasteiger partial charge in [-0.2, -0.15) is 0 Å². The van der Waals surface area contributed by atoms with Crippen LogP contribution in [0.5, 0.6) is 0 Å². The van der Waals surface area contributed by atoms with Crippen LogP contribution in [0, 0.1) is 6.57 Å². The van der Waals surface area contributed by atoms with Crippen LogP contribution in [-0.2, 0) is 32.5 Å². The van der Waals surface area contributed by atoms with E-state index in [0.717, 1.165) is 36.3 Å². The van der Waals surface area contributed by atoms with E-state index in [0.29, 0.717) is 5.69 Å². The van der Waals surface area contributed by atoms with E-state index in [1.807, 2.05) is 11.3 Å². The number of rotatable bonds is 3. The summed E-state index contributed by atoms with van der Waals surface area (Å²) in [4.78, 5) is 9.62. The number of fused-ring (bicyclic) bond motifs is 9. The lowest BCUT2D eigenvalue weighted by atomic mass is 9.35. The lowest BCUT2D eigenvalue weighted by Crippen LogP contribution is -2.61. The largest absolute Gasteiger partial charge is 0.312 e. The second kappa shape index (κ2) is 14.7. The molecule has 0 N–H and O–H groups in total. The number of hydrogen-bond donors (Lipinski definition) is 0. The van der Waals surface area contributed by atoms with E-state index in [2.05, 4.69) is 221 Å². The minimum atomic E-state index is -0.0770. The van der Waals surface area contributed by atoms with Gasteiger partial charge < -0.3 is 9.80 Å². The fourth-order valence-electron chi connectivity index (χ4n) is 12.5. The van der Waals surface area contributed by atoms with E-state index in [1.165, 1.54) is 93.8 Å². The standard InChI is InChI=1S/C63H68BN3S/c1-58(2,3)39-21-27-49(43(33-39)38-19-17-16-18-20-38)67-51-36-41(65-15)35-50-54(51)64(57-55(67)44-34-40(59(4,5)6)22-28-52(44)68-57)48-26-25-46-53(63(13,14)32-31-61(46,9)10)56(48)66(50)42-23-24-45-47(37-42)62(11,12)30-29-60(45,7)8/h16-28,33-37H,29-32H2,1-14H3. The molecule has 2 aliphatic carbocycles. The second-order valence-electron chi connectivity index (χ2n) is 25.4. The Morgan fingerprint density at radius 1 is 0.559 bits per heavy atom. The minimum Gasteiger partial charge on any atom is -0.312 e. The normalized spacial score (nSPS) is 18.3. The molecule has 7 aromatic rings. The molecule has 6 aromatic carbocycles. The molecule has 4 aliphatic rings. The summed E-state index contributed by atoms with van der Waals surface area (Å²) in [7, 11) is 0. The second-order valence-corrected chi connectivity index (χ2v) is 26.5. The lowest BCUT2D eigenvalue weighted by Gasteiger charge is -2.49. The summed E-state index contributed by atoms with van der Waals surface area (Å²) in [6.07, 6.45) is 4.57. The molecule has 68 heavy (non-hydrogen) atoms. The molecule has 3 heterocycles. The Labute approximate surface area is 411 Å². The van der Waals surface area contributed by atoms with Crippen LogP contribution in [0.2, 0.25) is 0 Å². The van der Waals surface area contributed by atoms with Gasteiger partial charge in [-0.15, -0.1) is 11.3 Å². The maximum Gasteiger partial charge on any atom is 0.264 e. The molecule has 11 rings (SSSR count). The maximum absolute atomic E-state index is 8.88. The van der Waals surface area contributed by atoms with Crippen LogP contribution in [0.3, 0.4) is 0 Å². The monoisotopic (exact) mass is 910 g/mol. The van der Waals surface area contributed by atoms with Crippen LogP contribution < -0.4 is 25.5 Å². The average Bonchev–Trinajstić information content (AvgIpc) is 3.67. The Kier molecular flexibility index (Phi) is 9.73. The fraction of sp³-hybridized carbons (Fsp3) is 0.381. The van der Waals surface area contributed by atoms with Gasteiger partial charge in [-0.3, -0.25) is 0 Å². The van der Waals surface area contributed by atoms with Gasteiger partial charge in [0.2, 0.25) is 0 Å². The summed E-state index contributed by atoms with van der Waals surface area (Å²) in [5.74, 6) is 0. The first kappa shape index (κ1) is 44.9. The Balaban J connectivity index is 1.31. The smallest absolute Gasteiger partial charge is 0.264 e. The third kappa shape index (κ3) is 6.71. The van der Waals surface area contributed by atoms with Crippen LogP contribution >= 0.6 is 11.3 Å². The molecule has 344 valence electrons. The van der Waals surface area contributed by atoms with Gasteiger partial charge in [0.25, 0.3) is 6.71 Å². The van der Waals surface area contributed by atoms with Crippen molar-refractivity contribution in [3.05, 3.63) is 154 Å². The number of anilines is 6. The summed E-state index contributed by atoms with van der Waals surface area (Å²) in [6, 6.07) is 42.3. The zero-order valence-corrected chi connectivity index (χ0v) is 43.9. The van der Waals surface area contributed by atoms with Crippen LogP contribution in [0.1, 0.15) is 156 Å². The van der Waals surface area contributed by atoms with Crippen molar-refractivity contribution in [2.24, 2.45) is 0 Å². The van der Waals surface area contributed by atoms with Crippen molar-refractivity contribution in [3.63, 3.8) is 0 Å². The number of thiophene rings is 1. The summed E-state index contributed by atoms with van der Waals surface area (Å²) in [5.41, 5.74) is 21.2. The molecule has 0 spiro atoms. The van der Waals surface area contributed by atoms with E-state index >= 15 is 0 Å². The molecular formula is C63H68BN3S. The molecule has 1 aromatic heterocycles. The van der Waals surface area contributed by atoms with Crippen molar-refractivity contribution in [1.82, 2.24) is 0 Å². The molecule has 2 aliphatic heterocycles. The maximum atomic E-state index is 8.88. The summed E-state index contributed by atoms with van der Waals surface area (Å²) in [6.45, 7) is 42.4. The highest BCUT2D eigenvalue weighted by atomic mass is 32.1. The minimum absolute atomic E-state index is 0.0137. The van der Waals surface area contributed by atoms with Gasteiger partial charge in [-0.25, -0.2) is 4.85 Å². The zero-order chi connectivity index (χ0) is 48.2. The van der Waals surface area contributed by atoms with E-state index in [-0.39, 0.29) is 39.2 Å². The summed E-state index contributed by atoms with van der Waals surface area (Å²) < 4.78 is 2.67. The van der Waals surface area contributed by atoms with Gasteiger partial charge in [0, 0.05) is 43.2 Å². The van der Waals surface area contributed by atoms with Crippen molar-refractivity contribution in [2.45, 2.75) is 155 Å². The SMILES string of the molecule is [C-]#[N+]c1cc2c3c(c1)N(c1ccc(C(C)(C)C)cc1-c1ccccc1)c1c(sc4ccc(C(C)(C)C)cc14)B3c1ccc3c(c1N2c1ccc2c(c1)C(C)(C)CCC2(C)C)C(C)(C)CCC3(C)C. The Morgan fingerprint density at radius 2 is 1.15 bits per heavy atom. The van der Waals surface area contributed by atoms with Crippen LogP contribution in [0.15, 0.2) is 109 Å². The lowest BCUT2D eigenvalue weighted by molar-refractivity contribution is 0.331. The average molecular weight is 910 g/mol. The molecule has 3 nitrogen and oxygen atoms in total. The van der Waals surface area contributed by atoms with Crippen molar-refractivity contribution in [3.8, 4) is 11.1 Å². The van der Waals surface area contributed by atoms with Crippen molar-refractivity contribution < 1.29 is 0 Å². The first-order chi connectivity index (χ1) is 31.9. The molecule has 0 bridgehead atoms. The molecule has 5 heteroatoms. The van der Waals surface area contributed by atoms with Gasteiger partial charge in [0.05, 0.1) is 17.9 Å². The van der Waals surface area contributed by atoms with Crippen molar-refractivity contribution in [1.29, 1.82) is 0 Å². The molecule has 0 unspecified atom stereocenters. The first-order valence-corrected chi connectivity index (χ1v) is 26.0. The first-order valence-electron chi connectivity index (χ1n) is 25.2. The number of benzene rings is 6. The van der Waals surface area contributed by atoms with Gasteiger partial charge in [-0.1, -0.05) is 158 Å². The molecule has 0 saturated carbocycles. The fourth-order valence-corrected chi connectivity index (χ4v) is 13.8. The summed E-state index contributed by atoms with van der Waals surface area (Å²) >= 11 is 1.97. The highest BCUT2D eigenvalue weighted by Gasteiger charge is 2.50. The van der Waals surface area contributed by atoms with E-state index < -0.39 is 0 Å². The van der Waals surface area contributed by atoms with Crippen LogP contribution in [-0.4, -0.2) is 6.71 Å². The van der Waals surface area contributed by atoms with E-state index in [9.17, 15) is 0 Å². The Morgan fingerprint density at radius 3 is 1.81 bits per heavy atom. The Bertz CT molecular complexity index is 3290. The van der Waals surface area contributed by atoms with Crippen molar-refractivity contribution in [2.75, 3.05) is 9.80 Å². The zero-order valence-electron chi connectivity index (χ0n) is 43.0. The Hall–Kier alpha value is -5.57. The van der Waals surface area contributed by atoms with Gasteiger partial charge in [0.15, 0.2) is 5.69 Å². The number of nitrogens with zero attached hydrogens (tertiary/aromatic N) is 3. The van der Waals surface area contributed by atoms with Crippen LogP contribution in [0.4, 0.5) is 39.8 Å². The van der Waals surface area contributed by atoms with Gasteiger partial charge >= 0.3 is 0 Å². The molecule has 0 saturated heterocycles. The topological polar surface area (TPSA) is 10.8 Å². The third-order valence-electron chi connectivity index (χ3n) is 16.9. The molecular weight excluding hydrogens is 842 g/mol. The molecule has 0 radical (unpaired) electrons. The molecule has 0 atom stereocenters. The van der Waals surface area contributed by atoms with Crippen LogP contribution in [0.25, 0.3) is 26.1 Å². The predicted molar refractivity (Wildman–Crippen MR) is 296 cm³/mol. The molecule has 0 amide bonds. The highest BCUT2D eigenvalue weighted by molar-refractivity contribution is 7.33. The molecule has 0 fully saturated rings. The van der Waals surface area contributed by atoms with Gasteiger partial charge in [0.1, 0.15) is 0 Å². The summed E-state index contributed by atoms with van der Waals surface area (Å²) in [5, 5.41) is 1.28. The quantitative estimate of drug-likeness (QED) is 0.129. The third-order valence-corrected chi connectivity index (χ3v) is 18.1. The highest BCUT2D eigenvalue weighted by Crippen LogP contribution is 2.57. The predicted octanol–water partition coefficient (Wildman–Crippen LogP) is 16.5. The van der Waals surface area contributed by atoms with E-state index in [1.54, 1.807) is 0 Å². The van der Waals surface area contributed by atoms with E-state index in [4.69, 9.17) is 6.57 Å².